The van der Waals surface area contributed by atoms with Crippen molar-refractivity contribution in [3.8, 4) is 0 Å². The number of imidazole rings is 1. The molecule has 0 radical (unpaired) electrons. The van der Waals surface area contributed by atoms with Gasteiger partial charge in [-0.15, -0.1) is 0 Å². The first kappa shape index (κ1) is 9.33. The average Bonchev–Trinajstić information content (AvgIpc) is 2.48. The number of hydrogen-bond acceptors (Lipinski definition) is 1. The average molecular weight is 221 g/mol. The molecule has 0 spiro atoms. The van der Waals surface area contributed by atoms with Crippen molar-refractivity contribution in [2.24, 2.45) is 0 Å². The van der Waals surface area contributed by atoms with E-state index >= 15 is 0 Å². The first-order valence-corrected chi connectivity index (χ1v) is 4.07. The SMILES string of the molecule is FC(F)(F)c1cn2c(Cl)cccc2n1. The Morgan fingerprint density at radius 2 is 2.00 bits per heavy atom. The van der Waals surface area contributed by atoms with Crippen molar-refractivity contribution in [2.75, 3.05) is 0 Å². The fourth-order valence-corrected chi connectivity index (χ4v) is 1.32. The highest BCUT2D eigenvalue weighted by atomic mass is 35.5. The van der Waals surface area contributed by atoms with Gasteiger partial charge >= 0.3 is 6.18 Å². The van der Waals surface area contributed by atoms with Crippen LogP contribution in [0.25, 0.3) is 5.65 Å². The summed E-state index contributed by atoms with van der Waals surface area (Å²) in [5, 5.41) is 0.200. The molecular formula is C8H4ClF3N2. The molecule has 2 aromatic heterocycles. The van der Waals surface area contributed by atoms with Crippen LogP contribution in [0.15, 0.2) is 24.4 Å². The molecule has 0 saturated heterocycles. The van der Waals surface area contributed by atoms with Crippen LogP contribution < -0.4 is 0 Å². The number of alkyl halides is 3. The Labute approximate surface area is 81.9 Å². The number of hydrogen-bond donors (Lipinski definition) is 0. The van der Waals surface area contributed by atoms with Crippen LogP contribution in [0.5, 0.6) is 0 Å². The minimum absolute atomic E-state index is 0.185. The van der Waals surface area contributed by atoms with Crippen molar-refractivity contribution in [1.29, 1.82) is 0 Å². The molecule has 0 aliphatic carbocycles. The molecule has 0 amide bonds. The summed E-state index contributed by atoms with van der Waals surface area (Å²) in [6, 6.07) is 4.50. The van der Waals surface area contributed by atoms with E-state index < -0.39 is 11.9 Å². The maximum atomic E-state index is 12.2. The zero-order valence-electron chi connectivity index (χ0n) is 6.72. The molecular weight excluding hydrogens is 217 g/mol. The molecule has 74 valence electrons. The number of aromatic nitrogens is 2. The molecule has 2 heterocycles. The highest BCUT2D eigenvalue weighted by Gasteiger charge is 2.33. The standard InChI is InChI=1S/C8H4ClF3N2/c9-6-2-1-3-7-13-5(4-14(6)7)8(10,11)12/h1-4H. The van der Waals surface area contributed by atoms with Crippen LogP contribution in [0.4, 0.5) is 13.2 Å². The zero-order valence-corrected chi connectivity index (χ0v) is 7.47. The van der Waals surface area contributed by atoms with E-state index in [0.717, 1.165) is 6.20 Å². The predicted molar refractivity (Wildman–Crippen MR) is 45.2 cm³/mol. The normalized spacial score (nSPS) is 12.3. The number of nitrogens with zero attached hydrogens (tertiary/aromatic N) is 2. The summed E-state index contributed by atoms with van der Waals surface area (Å²) < 4.78 is 37.9. The van der Waals surface area contributed by atoms with Crippen LogP contribution in [0, 0.1) is 0 Å². The minimum atomic E-state index is -4.44. The van der Waals surface area contributed by atoms with Crippen LogP contribution in [-0.4, -0.2) is 9.38 Å². The second kappa shape index (κ2) is 2.88. The molecule has 0 N–H and O–H groups in total. The Morgan fingerprint density at radius 1 is 1.29 bits per heavy atom. The van der Waals surface area contributed by atoms with E-state index in [9.17, 15) is 13.2 Å². The quantitative estimate of drug-likeness (QED) is 0.624. The van der Waals surface area contributed by atoms with Crippen molar-refractivity contribution < 1.29 is 13.2 Å². The molecule has 2 nitrogen and oxygen atoms in total. The first-order valence-electron chi connectivity index (χ1n) is 3.69. The van der Waals surface area contributed by atoms with Crippen molar-refractivity contribution in [3.63, 3.8) is 0 Å². The molecule has 0 aliphatic rings. The predicted octanol–water partition coefficient (Wildman–Crippen LogP) is 3.01. The second-order valence-electron chi connectivity index (χ2n) is 2.70. The fourth-order valence-electron chi connectivity index (χ4n) is 1.11. The fraction of sp³-hybridized carbons (Fsp3) is 0.125. The van der Waals surface area contributed by atoms with Crippen LogP contribution in [0.3, 0.4) is 0 Å². The Balaban J connectivity index is 2.69. The molecule has 0 atom stereocenters. The summed E-state index contributed by atoms with van der Waals surface area (Å²) in [5.41, 5.74) is -0.754. The third-order valence-corrected chi connectivity index (χ3v) is 2.04. The molecule has 6 heteroatoms. The largest absolute Gasteiger partial charge is 0.434 e. The summed E-state index contributed by atoms with van der Waals surface area (Å²) in [6.07, 6.45) is -3.56. The highest BCUT2D eigenvalue weighted by molar-refractivity contribution is 6.29. The number of halogens is 4. The van der Waals surface area contributed by atoms with Gasteiger partial charge in [0, 0.05) is 6.20 Å². The molecule has 0 bridgehead atoms. The molecule has 2 rings (SSSR count). The van der Waals surface area contributed by atoms with Gasteiger partial charge in [0.2, 0.25) is 0 Å². The smallest absolute Gasteiger partial charge is 0.290 e. The van der Waals surface area contributed by atoms with Gasteiger partial charge in [0.15, 0.2) is 5.69 Å². The Morgan fingerprint density at radius 3 is 2.57 bits per heavy atom. The monoisotopic (exact) mass is 220 g/mol. The van der Waals surface area contributed by atoms with Crippen molar-refractivity contribution in [3.05, 3.63) is 35.2 Å². The zero-order chi connectivity index (χ0) is 10.3. The van der Waals surface area contributed by atoms with Gasteiger partial charge < -0.3 is 0 Å². The van der Waals surface area contributed by atoms with E-state index in [1.165, 1.54) is 16.5 Å². The summed E-state index contributed by atoms with van der Waals surface area (Å²) in [6.45, 7) is 0. The maximum absolute atomic E-state index is 12.2. The van der Waals surface area contributed by atoms with E-state index in [0.29, 0.717) is 0 Å². The molecule has 0 saturated carbocycles. The Bertz CT molecular complexity index is 475. The number of fused-ring (bicyclic) bond motifs is 1. The van der Waals surface area contributed by atoms with Crippen molar-refractivity contribution >= 4 is 17.2 Å². The van der Waals surface area contributed by atoms with E-state index in [4.69, 9.17) is 11.6 Å². The molecule has 0 unspecified atom stereocenters. The lowest BCUT2D eigenvalue weighted by Gasteiger charge is -1.98. The highest BCUT2D eigenvalue weighted by Crippen LogP contribution is 2.29. The van der Waals surface area contributed by atoms with Gasteiger partial charge in [-0.05, 0) is 12.1 Å². The molecule has 0 fully saturated rings. The second-order valence-corrected chi connectivity index (χ2v) is 3.09. The van der Waals surface area contributed by atoms with Gasteiger partial charge in [-0.3, -0.25) is 4.40 Å². The molecule has 2 aromatic rings. The number of rotatable bonds is 0. The van der Waals surface area contributed by atoms with Gasteiger partial charge in [0.25, 0.3) is 0 Å². The molecule has 0 aromatic carbocycles. The van der Waals surface area contributed by atoms with Crippen LogP contribution in [-0.2, 0) is 6.18 Å². The lowest BCUT2D eigenvalue weighted by molar-refractivity contribution is -0.140. The van der Waals surface area contributed by atoms with Gasteiger partial charge in [-0.25, -0.2) is 4.98 Å². The Kier molecular flexibility index (Phi) is 1.92. The van der Waals surface area contributed by atoms with Gasteiger partial charge in [-0.1, -0.05) is 17.7 Å². The van der Waals surface area contributed by atoms with Crippen LogP contribution in [0.1, 0.15) is 5.69 Å². The van der Waals surface area contributed by atoms with Crippen LogP contribution in [0.2, 0.25) is 5.15 Å². The summed E-state index contributed by atoms with van der Waals surface area (Å²) in [7, 11) is 0. The van der Waals surface area contributed by atoms with E-state index in [1.54, 1.807) is 6.07 Å². The molecule has 0 aliphatic heterocycles. The summed E-state index contributed by atoms with van der Waals surface area (Å²) in [5.74, 6) is 0. The van der Waals surface area contributed by atoms with Gasteiger partial charge in [0.05, 0.1) is 0 Å². The lowest BCUT2D eigenvalue weighted by atomic mass is 10.5. The maximum Gasteiger partial charge on any atom is 0.434 e. The lowest BCUT2D eigenvalue weighted by Crippen LogP contribution is -2.04. The van der Waals surface area contributed by atoms with E-state index in [-0.39, 0.29) is 10.8 Å². The minimum Gasteiger partial charge on any atom is -0.290 e. The van der Waals surface area contributed by atoms with Crippen molar-refractivity contribution in [1.82, 2.24) is 9.38 Å². The summed E-state index contributed by atoms with van der Waals surface area (Å²) in [4.78, 5) is 3.40. The topological polar surface area (TPSA) is 17.3 Å². The van der Waals surface area contributed by atoms with E-state index in [1.807, 2.05) is 0 Å². The van der Waals surface area contributed by atoms with Crippen LogP contribution >= 0.6 is 11.6 Å². The van der Waals surface area contributed by atoms with Gasteiger partial charge in [-0.2, -0.15) is 13.2 Å². The first-order chi connectivity index (χ1) is 6.48. The third-order valence-electron chi connectivity index (χ3n) is 1.73. The third kappa shape index (κ3) is 1.43. The number of pyridine rings is 1. The molecule has 14 heavy (non-hydrogen) atoms. The van der Waals surface area contributed by atoms with Gasteiger partial charge in [0.1, 0.15) is 10.8 Å². The summed E-state index contributed by atoms with van der Waals surface area (Å²) >= 11 is 5.68. The Hall–Kier alpha value is -1.23. The van der Waals surface area contributed by atoms with E-state index in [2.05, 4.69) is 4.98 Å². The van der Waals surface area contributed by atoms with Crippen molar-refractivity contribution in [2.45, 2.75) is 6.18 Å².